The van der Waals surface area contributed by atoms with E-state index in [9.17, 15) is 9.90 Å². The summed E-state index contributed by atoms with van der Waals surface area (Å²) in [5.41, 5.74) is 6.47. The third-order valence-corrected chi connectivity index (χ3v) is 7.92. The largest absolute Gasteiger partial charge is 0.449 e. The Kier molecular flexibility index (Phi) is 7.33. The van der Waals surface area contributed by atoms with Crippen LogP contribution in [-0.2, 0) is 11.3 Å². The molecule has 5 rings (SSSR count). The van der Waals surface area contributed by atoms with Crippen LogP contribution in [-0.4, -0.2) is 17.8 Å². The molecule has 6 heteroatoms. The van der Waals surface area contributed by atoms with Gasteiger partial charge in [0.25, 0.3) is 0 Å². The first kappa shape index (κ1) is 24.4. The van der Waals surface area contributed by atoms with Gasteiger partial charge in [-0.25, -0.2) is 4.79 Å². The molecule has 0 unspecified atom stereocenters. The molecular formula is C30H26ClNO3S. The number of fused-ring (bicyclic) bond motifs is 3. The van der Waals surface area contributed by atoms with Crippen LogP contribution < -0.4 is 5.32 Å². The Labute approximate surface area is 220 Å². The minimum atomic E-state index is -0.476. The Morgan fingerprint density at radius 1 is 0.944 bits per heavy atom. The third kappa shape index (κ3) is 5.00. The van der Waals surface area contributed by atoms with Gasteiger partial charge in [-0.1, -0.05) is 90.1 Å². The van der Waals surface area contributed by atoms with Crippen molar-refractivity contribution in [3.8, 4) is 11.1 Å². The molecule has 1 aliphatic rings. The molecule has 0 heterocycles. The van der Waals surface area contributed by atoms with Crippen LogP contribution in [0.5, 0.6) is 0 Å². The molecule has 1 atom stereocenters. The van der Waals surface area contributed by atoms with E-state index < -0.39 is 6.09 Å². The maximum absolute atomic E-state index is 12.9. The second-order valence-electron chi connectivity index (χ2n) is 8.74. The average Bonchev–Trinajstić information content (AvgIpc) is 3.22. The minimum Gasteiger partial charge on any atom is -0.449 e. The van der Waals surface area contributed by atoms with Crippen LogP contribution in [0.3, 0.4) is 0 Å². The molecule has 0 radical (unpaired) electrons. The summed E-state index contributed by atoms with van der Waals surface area (Å²) in [5.74, 6) is 0.00530. The van der Waals surface area contributed by atoms with Crippen molar-refractivity contribution in [3.63, 3.8) is 0 Å². The van der Waals surface area contributed by atoms with Gasteiger partial charge < -0.3 is 15.2 Å². The number of amides is 1. The SMILES string of the molecule is C[C@@H](NC(=O)OCC1c2ccccc2-c2ccccc21)c1cc(Cl)ccc1Sc1ccccc1CO. The van der Waals surface area contributed by atoms with Crippen molar-refractivity contribution in [2.24, 2.45) is 0 Å². The molecule has 4 aromatic rings. The van der Waals surface area contributed by atoms with Gasteiger partial charge in [0.2, 0.25) is 0 Å². The molecule has 0 bridgehead atoms. The Morgan fingerprint density at radius 2 is 1.58 bits per heavy atom. The van der Waals surface area contributed by atoms with E-state index >= 15 is 0 Å². The Bertz CT molecular complexity index is 1360. The van der Waals surface area contributed by atoms with Gasteiger partial charge in [0.1, 0.15) is 6.61 Å². The van der Waals surface area contributed by atoms with Crippen LogP contribution in [0.15, 0.2) is 101 Å². The predicted octanol–water partition coefficient (Wildman–Crippen LogP) is 7.58. The van der Waals surface area contributed by atoms with Gasteiger partial charge in [0.05, 0.1) is 12.6 Å². The molecule has 0 aliphatic heterocycles. The van der Waals surface area contributed by atoms with Crippen LogP contribution >= 0.6 is 23.4 Å². The van der Waals surface area contributed by atoms with E-state index in [1.165, 1.54) is 34.0 Å². The van der Waals surface area contributed by atoms with E-state index in [1.54, 1.807) is 0 Å². The Balaban J connectivity index is 1.30. The van der Waals surface area contributed by atoms with Crippen molar-refractivity contribution in [2.45, 2.75) is 35.3 Å². The molecule has 36 heavy (non-hydrogen) atoms. The number of ether oxygens (including phenoxy) is 1. The predicted molar refractivity (Wildman–Crippen MR) is 145 cm³/mol. The number of aliphatic hydroxyl groups is 1. The van der Waals surface area contributed by atoms with Gasteiger partial charge in [-0.3, -0.25) is 0 Å². The zero-order chi connectivity index (χ0) is 25.1. The Morgan fingerprint density at radius 3 is 2.28 bits per heavy atom. The van der Waals surface area contributed by atoms with Crippen LogP contribution in [0, 0.1) is 0 Å². The molecule has 0 fully saturated rings. The van der Waals surface area contributed by atoms with Gasteiger partial charge in [-0.15, -0.1) is 0 Å². The van der Waals surface area contributed by atoms with Gasteiger partial charge in [0.15, 0.2) is 0 Å². The lowest BCUT2D eigenvalue weighted by molar-refractivity contribution is 0.139. The van der Waals surface area contributed by atoms with E-state index in [0.717, 1.165) is 20.9 Å². The maximum atomic E-state index is 12.9. The number of rotatable bonds is 7. The van der Waals surface area contributed by atoms with Crippen molar-refractivity contribution < 1.29 is 14.6 Å². The maximum Gasteiger partial charge on any atom is 0.407 e. The molecule has 4 nitrogen and oxygen atoms in total. The van der Waals surface area contributed by atoms with Crippen molar-refractivity contribution in [3.05, 3.63) is 118 Å². The molecule has 4 aromatic carbocycles. The van der Waals surface area contributed by atoms with Crippen molar-refractivity contribution in [1.29, 1.82) is 0 Å². The number of carbonyl (C=O) groups is 1. The number of hydrogen-bond donors (Lipinski definition) is 2. The molecule has 0 aromatic heterocycles. The number of benzene rings is 4. The molecule has 0 saturated heterocycles. The topological polar surface area (TPSA) is 58.6 Å². The summed E-state index contributed by atoms with van der Waals surface area (Å²) in [6.45, 7) is 2.13. The fraction of sp³-hybridized carbons (Fsp3) is 0.167. The molecule has 0 spiro atoms. The lowest BCUT2D eigenvalue weighted by atomic mass is 9.98. The number of hydrogen-bond acceptors (Lipinski definition) is 4. The lowest BCUT2D eigenvalue weighted by Crippen LogP contribution is -2.29. The number of halogens is 1. The number of aliphatic hydroxyl groups excluding tert-OH is 1. The highest BCUT2D eigenvalue weighted by atomic mass is 35.5. The first-order chi connectivity index (χ1) is 17.5. The monoisotopic (exact) mass is 515 g/mol. The smallest absolute Gasteiger partial charge is 0.407 e. The van der Waals surface area contributed by atoms with Crippen LogP contribution in [0.25, 0.3) is 11.1 Å². The first-order valence-electron chi connectivity index (χ1n) is 11.8. The van der Waals surface area contributed by atoms with Gasteiger partial charge in [0, 0.05) is 20.7 Å². The summed E-state index contributed by atoms with van der Waals surface area (Å²) >= 11 is 7.85. The highest BCUT2D eigenvalue weighted by Crippen LogP contribution is 2.44. The van der Waals surface area contributed by atoms with E-state index in [0.29, 0.717) is 5.02 Å². The second kappa shape index (κ2) is 10.8. The van der Waals surface area contributed by atoms with Crippen LogP contribution in [0.4, 0.5) is 4.79 Å². The zero-order valence-corrected chi connectivity index (χ0v) is 21.4. The van der Waals surface area contributed by atoms with Crippen LogP contribution in [0.2, 0.25) is 5.02 Å². The van der Waals surface area contributed by atoms with Gasteiger partial charge in [-0.2, -0.15) is 0 Å². The Hall–Kier alpha value is -3.25. The van der Waals surface area contributed by atoms with Crippen molar-refractivity contribution in [2.75, 3.05) is 6.61 Å². The summed E-state index contributed by atoms with van der Waals surface area (Å²) in [5, 5.41) is 13.3. The highest BCUT2D eigenvalue weighted by Gasteiger charge is 2.29. The molecule has 1 amide bonds. The van der Waals surface area contributed by atoms with E-state index in [1.807, 2.05) is 73.7 Å². The van der Waals surface area contributed by atoms with Crippen molar-refractivity contribution >= 4 is 29.5 Å². The molecule has 182 valence electrons. The van der Waals surface area contributed by atoms with E-state index in [2.05, 4.69) is 29.6 Å². The van der Waals surface area contributed by atoms with Gasteiger partial charge >= 0.3 is 6.09 Å². The normalized spacial score (nSPS) is 13.1. The summed E-state index contributed by atoms with van der Waals surface area (Å²) in [7, 11) is 0. The first-order valence-corrected chi connectivity index (χ1v) is 13.0. The number of carbonyl (C=O) groups excluding carboxylic acids is 1. The van der Waals surface area contributed by atoms with E-state index in [4.69, 9.17) is 16.3 Å². The van der Waals surface area contributed by atoms with Gasteiger partial charge in [-0.05, 0) is 64.6 Å². The zero-order valence-electron chi connectivity index (χ0n) is 19.8. The molecular weight excluding hydrogens is 490 g/mol. The summed E-state index contributed by atoms with van der Waals surface area (Å²) in [6.07, 6.45) is -0.476. The second-order valence-corrected chi connectivity index (χ2v) is 10.3. The third-order valence-electron chi connectivity index (χ3n) is 6.48. The van der Waals surface area contributed by atoms with Crippen molar-refractivity contribution in [1.82, 2.24) is 5.32 Å². The fourth-order valence-corrected chi connectivity index (χ4v) is 6.02. The summed E-state index contributed by atoms with van der Waals surface area (Å²) in [4.78, 5) is 14.8. The number of nitrogens with one attached hydrogen (secondary N) is 1. The fourth-order valence-electron chi connectivity index (χ4n) is 4.70. The lowest BCUT2D eigenvalue weighted by Gasteiger charge is -2.20. The molecule has 0 saturated carbocycles. The molecule has 2 N–H and O–H groups in total. The summed E-state index contributed by atoms with van der Waals surface area (Å²) < 4.78 is 5.73. The average molecular weight is 516 g/mol. The standard InChI is InChI=1S/C30H26ClNO3S/c1-19(26-16-21(31)14-15-29(26)36-28-13-7-2-8-20(28)17-33)32-30(34)35-18-27-24-11-5-3-9-22(24)23-10-4-6-12-25(23)27/h2-16,19,27,33H,17-18H2,1H3,(H,32,34)/t19-/m1/s1. The highest BCUT2D eigenvalue weighted by molar-refractivity contribution is 7.99. The molecule has 1 aliphatic carbocycles. The summed E-state index contributed by atoms with van der Waals surface area (Å²) in [6, 6.07) is 29.5. The minimum absolute atomic E-state index is 0.00530. The quantitative estimate of drug-likeness (QED) is 0.266. The van der Waals surface area contributed by atoms with Crippen LogP contribution in [0.1, 0.15) is 41.1 Å². The number of alkyl carbamates (subject to hydrolysis) is 1. The van der Waals surface area contributed by atoms with E-state index in [-0.39, 0.29) is 25.2 Å².